The van der Waals surface area contributed by atoms with Gasteiger partial charge in [-0.25, -0.2) is 4.79 Å². The Morgan fingerprint density at radius 2 is 1.83 bits per heavy atom. The number of carbonyl (C=O) groups is 1. The molecule has 0 radical (unpaired) electrons. The standard InChI is InChI=1S/C25H31NO4/c1-7-13-30-26-19(5)23-14-18(4)24(15-17(23)3)29-16-20-11-9-10-12-22(20)21(8-2)25(27)28-6/h8-12,14-15H,7,13,16H2,1-6H3/b21-8?,26-19-. The minimum atomic E-state index is -0.360. The minimum absolute atomic E-state index is 0.344. The van der Waals surface area contributed by atoms with Crippen molar-refractivity contribution in [1.82, 2.24) is 0 Å². The largest absolute Gasteiger partial charge is 0.489 e. The molecule has 0 saturated carbocycles. The van der Waals surface area contributed by atoms with Crippen LogP contribution in [-0.2, 0) is 21.0 Å². The quantitative estimate of drug-likeness (QED) is 0.178. The lowest BCUT2D eigenvalue weighted by molar-refractivity contribution is -0.133. The summed E-state index contributed by atoms with van der Waals surface area (Å²) in [5.41, 5.74) is 6.22. The number of methoxy groups -OCH3 is 1. The predicted molar refractivity (Wildman–Crippen MR) is 121 cm³/mol. The van der Waals surface area contributed by atoms with Crippen molar-refractivity contribution >= 4 is 17.3 Å². The van der Waals surface area contributed by atoms with E-state index in [1.54, 1.807) is 6.08 Å². The van der Waals surface area contributed by atoms with E-state index in [0.29, 0.717) is 18.8 Å². The maximum atomic E-state index is 12.1. The molecule has 0 saturated heterocycles. The average Bonchev–Trinajstić information content (AvgIpc) is 2.75. The third kappa shape index (κ3) is 5.72. The van der Waals surface area contributed by atoms with E-state index in [1.165, 1.54) is 7.11 Å². The van der Waals surface area contributed by atoms with Crippen molar-refractivity contribution in [2.24, 2.45) is 5.16 Å². The fourth-order valence-electron chi connectivity index (χ4n) is 3.18. The Morgan fingerprint density at radius 3 is 2.50 bits per heavy atom. The van der Waals surface area contributed by atoms with Crippen molar-refractivity contribution in [1.29, 1.82) is 0 Å². The zero-order valence-electron chi connectivity index (χ0n) is 18.7. The molecule has 0 atom stereocenters. The molecule has 0 unspecified atom stereocenters. The molecule has 160 valence electrons. The first-order valence-corrected chi connectivity index (χ1v) is 10.2. The highest BCUT2D eigenvalue weighted by Gasteiger charge is 2.16. The molecule has 0 spiro atoms. The first-order chi connectivity index (χ1) is 14.4. The molecule has 0 aliphatic carbocycles. The summed E-state index contributed by atoms with van der Waals surface area (Å²) in [7, 11) is 1.39. The summed E-state index contributed by atoms with van der Waals surface area (Å²) >= 11 is 0. The van der Waals surface area contributed by atoms with Crippen LogP contribution in [0.3, 0.4) is 0 Å². The van der Waals surface area contributed by atoms with E-state index in [9.17, 15) is 4.79 Å². The van der Waals surface area contributed by atoms with Crippen LogP contribution in [0.1, 0.15) is 55.0 Å². The van der Waals surface area contributed by atoms with E-state index in [-0.39, 0.29) is 5.97 Å². The van der Waals surface area contributed by atoms with E-state index in [2.05, 4.69) is 18.1 Å². The summed E-state index contributed by atoms with van der Waals surface area (Å²) in [6.45, 7) is 10.8. The second-order valence-electron chi connectivity index (χ2n) is 7.08. The summed E-state index contributed by atoms with van der Waals surface area (Å²) in [4.78, 5) is 17.4. The van der Waals surface area contributed by atoms with Crippen molar-refractivity contribution in [3.8, 4) is 5.75 Å². The second-order valence-corrected chi connectivity index (χ2v) is 7.08. The molecule has 0 amide bonds. The number of benzene rings is 2. The highest BCUT2D eigenvalue weighted by molar-refractivity contribution is 6.16. The second kappa shape index (κ2) is 11.2. The molecule has 0 fully saturated rings. The summed E-state index contributed by atoms with van der Waals surface area (Å²) in [5, 5.41) is 4.20. The Morgan fingerprint density at radius 1 is 1.10 bits per heavy atom. The van der Waals surface area contributed by atoms with Gasteiger partial charge in [-0.05, 0) is 68.5 Å². The van der Waals surface area contributed by atoms with E-state index in [1.807, 2.05) is 58.0 Å². The Balaban J connectivity index is 2.24. The van der Waals surface area contributed by atoms with Crippen LogP contribution in [0.15, 0.2) is 47.6 Å². The van der Waals surface area contributed by atoms with Crippen LogP contribution in [0.25, 0.3) is 5.57 Å². The lowest BCUT2D eigenvalue weighted by Gasteiger charge is -2.16. The van der Waals surface area contributed by atoms with Gasteiger partial charge in [0.15, 0.2) is 0 Å². The van der Waals surface area contributed by atoms with Gasteiger partial charge in [0.25, 0.3) is 0 Å². The number of hydrogen-bond donors (Lipinski definition) is 0. The minimum Gasteiger partial charge on any atom is -0.489 e. The van der Waals surface area contributed by atoms with Gasteiger partial charge < -0.3 is 14.3 Å². The first kappa shape index (κ1) is 23.2. The van der Waals surface area contributed by atoms with Gasteiger partial charge in [0.2, 0.25) is 0 Å². The van der Waals surface area contributed by atoms with Gasteiger partial charge in [-0.15, -0.1) is 0 Å². The number of rotatable bonds is 9. The van der Waals surface area contributed by atoms with Crippen LogP contribution in [0, 0.1) is 13.8 Å². The maximum Gasteiger partial charge on any atom is 0.338 e. The van der Waals surface area contributed by atoms with E-state index in [4.69, 9.17) is 14.3 Å². The number of nitrogens with zero attached hydrogens (tertiary/aromatic N) is 1. The van der Waals surface area contributed by atoms with Gasteiger partial charge in [-0.2, -0.15) is 0 Å². The number of esters is 1. The number of ether oxygens (including phenoxy) is 2. The summed E-state index contributed by atoms with van der Waals surface area (Å²) in [5.74, 6) is 0.440. The zero-order chi connectivity index (χ0) is 22.1. The summed E-state index contributed by atoms with van der Waals surface area (Å²) in [6, 6.07) is 11.8. The van der Waals surface area contributed by atoms with Crippen molar-refractivity contribution < 1.29 is 19.1 Å². The Hall–Kier alpha value is -3.08. The Kier molecular flexibility index (Phi) is 8.66. The smallest absolute Gasteiger partial charge is 0.338 e. The van der Waals surface area contributed by atoms with Crippen LogP contribution in [0.2, 0.25) is 0 Å². The van der Waals surface area contributed by atoms with Crippen LogP contribution >= 0.6 is 0 Å². The van der Waals surface area contributed by atoms with Crippen molar-refractivity contribution in [2.75, 3.05) is 13.7 Å². The summed E-state index contributed by atoms with van der Waals surface area (Å²) in [6.07, 6.45) is 2.69. The van der Waals surface area contributed by atoms with Crippen LogP contribution in [0.5, 0.6) is 5.75 Å². The fourth-order valence-corrected chi connectivity index (χ4v) is 3.18. The highest BCUT2D eigenvalue weighted by atomic mass is 16.6. The zero-order valence-corrected chi connectivity index (χ0v) is 18.7. The fraction of sp³-hybridized carbons (Fsp3) is 0.360. The highest BCUT2D eigenvalue weighted by Crippen LogP contribution is 2.26. The molecular formula is C25H31NO4. The molecule has 0 heterocycles. The van der Waals surface area contributed by atoms with Gasteiger partial charge in [0.1, 0.15) is 19.0 Å². The monoisotopic (exact) mass is 409 g/mol. The number of hydrogen-bond acceptors (Lipinski definition) is 5. The molecule has 5 nitrogen and oxygen atoms in total. The lowest BCUT2D eigenvalue weighted by Crippen LogP contribution is -2.08. The van der Waals surface area contributed by atoms with Gasteiger partial charge in [0, 0.05) is 5.56 Å². The molecule has 2 aromatic rings. The molecule has 30 heavy (non-hydrogen) atoms. The van der Waals surface area contributed by atoms with Crippen LogP contribution in [0.4, 0.5) is 0 Å². The lowest BCUT2D eigenvalue weighted by atomic mass is 9.99. The number of aryl methyl sites for hydroxylation is 2. The topological polar surface area (TPSA) is 57.1 Å². The average molecular weight is 410 g/mol. The van der Waals surface area contributed by atoms with Crippen molar-refractivity contribution in [2.45, 2.75) is 47.6 Å². The van der Waals surface area contributed by atoms with Gasteiger partial charge in [-0.3, -0.25) is 0 Å². The molecule has 0 N–H and O–H groups in total. The molecular weight excluding hydrogens is 378 g/mol. The van der Waals surface area contributed by atoms with E-state index < -0.39 is 0 Å². The third-order valence-corrected chi connectivity index (χ3v) is 4.79. The molecule has 2 rings (SSSR count). The van der Waals surface area contributed by atoms with Crippen molar-refractivity contribution in [3.05, 3.63) is 70.3 Å². The SMILES string of the molecule is CC=C(C(=O)OC)c1ccccc1COc1cc(C)c(/C(C)=N\OCCC)cc1C. The third-order valence-electron chi connectivity index (χ3n) is 4.79. The molecule has 2 aromatic carbocycles. The molecule has 0 aromatic heterocycles. The maximum absolute atomic E-state index is 12.1. The van der Waals surface area contributed by atoms with E-state index in [0.717, 1.165) is 45.7 Å². The number of oxime groups is 1. The number of carbonyl (C=O) groups excluding carboxylic acids is 1. The number of allylic oxidation sites excluding steroid dienone is 1. The normalized spacial score (nSPS) is 11.9. The molecule has 0 aliphatic rings. The van der Waals surface area contributed by atoms with Crippen molar-refractivity contribution in [3.63, 3.8) is 0 Å². The first-order valence-electron chi connectivity index (χ1n) is 10.2. The predicted octanol–water partition coefficient (Wildman–Crippen LogP) is 5.61. The van der Waals surface area contributed by atoms with Gasteiger partial charge >= 0.3 is 5.97 Å². The molecule has 0 bridgehead atoms. The Labute approximate surface area is 179 Å². The van der Waals surface area contributed by atoms with Gasteiger partial charge in [0.05, 0.1) is 18.4 Å². The van der Waals surface area contributed by atoms with Crippen LogP contribution in [-0.4, -0.2) is 25.4 Å². The van der Waals surface area contributed by atoms with Gasteiger partial charge in [-0.1, -0.05) is 42.4 Å². The molecule has 0 aliphatic heterocycles. The van der Waals surface area contributed by atoms with E-state index >= 15 is 0 Å². The Bertz CT molecular complexity index is 944. The molecule has 5 heteroatoms. The van der Waals surface area contributed by atoms with Crippen LogP contribution < -0.4 is 4.74 Å². The summed E-state index contributed by atoms with van der Waals surface area (Å²) < 4.78 is 11.0.